The second-order valence-electron chi connectivity index (χ2n) is 8.20. The van der Waals surface area contributed by atoms with E-state index < -0.39 is 5.63 Å². The van der Waals surface area contributed by atoms with Crippen LogP contribution in [-0.2, 0) is 6.42 Å². The van der Waals surface area contributed by atoms with Crippen molar-refractivity contribution in [3.05, 3.63) is 76.2 Å². The first-order chi connectivity index (χ1) is 14.3. The molecule has 154 valence electrons. The van der Waals surface area contributed by atoms with E-state index >= 15 is 0 Å². The van der Waals surface area contributed by atoms with Gasteiger partial charge in [0.1, 0.15) is 17.6 Å². The molecule has 4 nitrogen and oxygen atoms in total. The highest BCUT2D eigenvalue weighted by molar-refractivity contribution is 6.05. The minimum atomic E-state index is -0.473. The molecule has 0 bridgehead atoms. The summed E-state index contributed by atoms with van der Waals surface area (Å²) in [6.45, 7) is 12.4. The highest BCUT2D eigenvalue weighted by atomic mass is 16.5. The van der Waals surface area contributed by atoms with Crippen molar-refractivity contribution in [3.63, 3.8) is 0 Å². The quantitative estimate of drug-likeness (QED) is 0.424. The van der Waals surface area contributed by atoms with Gasteiger partial charge in [-0.2, -0.15) is 0 Å². The predicted molar refractivity (Wildman–Crippen MR) is 121 cm³/mol. The van der Waals surface area contributed by atoms with Crippen LogP contribution in [0.5, 0.6) is 11.5 Å². The molecular formula is C26H26O4. The maximum atomic E-state index is 12.5. The molecule has 0 saturated carbocycles. The van der Waals surface area contributed by atoms with Gasteiger partial charge in [-0.25, -0.2) is 4.79 Å². The van der Waals surface area contributed by atoms with E-state index in [1.807, 2.05) is 58.0 Å². The Kier molecular flexibility index (Phi) is 5.02. The largest absolute Gasteiger partial charge is 0.507 e. The van der Waals surface area contributed by atoms with Crippen molar-refractivity contribution in [2.45, 2.75) is 40.2 Å². The maximum absolute atomic E-state index is 12.5. The second kappa shape index (κ2) is 7.52. The minimum Gasteiger partial charge on any atom is -0.507 e. The van der Waals surface area contributed by atoms with Crippen LogP contribution in [0.1, 0.15) is 38.8 Å². The summed E-state index contributed by atoms with van der Waals surface area (Å²) in [5.74, 6) is 0.687. The van der Waals surface area contributed by atoms with Crippen LogP contribution in [0, 0.1) is 5.92 Å². The summed E-state index contributed by atoms with van der Waals surface area (Å²) in [7, 11) is 0. The van der Waals surface area contributed by atoms with E-state index in [-0.39, 0.29) is 17.8 Å². The number of rotatable bonds is 3. The Bertz CT molecular complexity index is 1230. The van der Waals surface area contributed by atoms with Gasteiger partial charge < -0.3 is 14.3 Å². The van der Waals surface area contributed by atoms with Gasteiger partial charge in [0.15, 0.2) is 5.58 Å². The molecule has 30 heavy (non-hydrogen) atoms. The van der Waals surface area contributed by atoms with Crippen molar-refractivity contribution >= 4 is 16.5 Å². The van der Waals surface area contributed by atoms with E-state index in [9.17, 15) is 9.90 Å². The Morgan fingerprint density at radius 3 is 2.57 bits per heavy atom. The van der Waals surface area contributed by atoms with E-state index in [0.29, 0.717) is 39.8 Å². The van der Waals surface area contributed by atoms with Crippen molar-refractivity contribution in [2.24, 2.45) is 5.92 Å². The molecular weight excluding hydrogens is 376 g/mol. The normalized spacial score (nSPS) is 18.1. The van der Waals surface area contributed by atoms with Crippen LogP contribution in [0.25, 0.3) is 27.7 Å². The Labute approximate surface area is 176 Å². The molecule has 0 unspecified atom stereocenters. The summed E-state index contributed by atoms with van der Waals surface area (Å²) in [4.78, 5) is 12.5. The maximum Gasteiger partial charge on any atom is 0.336 e. The Balaban J connectivity index is 2.17. The fourth-order valence-electron chi connectivity index (χ4n) is 3.98. The topological polar surface area (TPSA) is 59.7 Å². The van der Waals surface area contributed by atoms with Gasteiger partial charge in [-0.1, -0.05) is 55.5 Å². The second-order valence-corrected chi connectivity index (χ2v) is 8.20. The van der Waals surface area contributed by atoms with Gasteiger partial charge in [0.25, 0.3) is 0 Å². The summed E-state index contributed by atoms with van der Waals surface area (Å²) in [5.41, 5.74) is 4.69. The van der Waals surface area contributed by atoms with Crippen molar-refractivity contribution in [1.29, 1.82) is 0 Å². The first kappa shape index (κ1) is 20.0. The van der Waals surface area contributed by atoms with Crippen LogP contribution in [0.15, 0.2) is 63.8 Å². The smallest absolute Gasteiger partial charge is 0.336 e. The molecule has 4 rings (SSSR count). The van der Waals surface area contributed by atoms with Crippen LogP contribution >= 0.6 is 0 Å². The van der Waals surface area contributed by atoms with Crippen molar-refractivity contribution in [1.82, 2.24) is 0 Å². The van der Waals surface area contributed by atoms with E-state index in [0.717, 1.165) is 16.7 Å². The van der Waals surface area contributed by atoms with Gasteiger partial charge in [-0.05, 0) is 38.3 Å². The van der Waals surface area contributed by atoms with E-state index in [4.69, 9.17) is 9.15 Å². The van der Waals surface area contributed by atoms with Crippen molar-refractivity contribution in [2.75, 3.05) is 0 Å². The molecule has 0 fully saturated rings. The summed E-state index contributed by atoms with van der Waals surface area (Å²) in [5, 5.41) is 11.9. The average Bonchev–Trinajstić information content (AvgIpc) is 2.71. The van der Waals surface area contributed by atoms with Crippen molar-refractivity contribution < 1.29 is 14.3 Å². The van der Waals surface area contributed by atoms with Crippen LogP contribution in [0.4, 0.5) is 0 Å². The zero-order valence-electron chi connectivity index (χ0n) is 17.8. The number of benzene rings is 2. The lowest BCUT2D eigenvalue weighted by molar-refractivity contribution is 0.175. The molecule has 0 amide bonds. The molecule has 1 aromatic heterocycles. The van der Waals surface area contributed by atoms with E-state index in [1.165, 1.54) is 6.07 Å². The highest BCUT2D eigenvalue weighted by Gasteiger charge is 2.34. The first-order valence-corrected chi connectivity index (χ1v) is 10.2. The molecule has 3 aromatic rings. The summed E-state index contributed by atoms with van der Waals surface area (Å²) in [6.07, 6.45) is 2.46. The number of phenols is 1. The third kappa shape index (κ3) is 3.22. The Morgan fingerprint density at radius 2 is 1.90 bits per heavy atom. The van der Waals surface area contributed by atoms with Gasteiger partial charge >= 0.3 is 5.63 Å². The number of hydrogen-bond acceptors (Lipinski definition) is 4. The first-order valence-electron chi connectivity index (χ1n) is 10.2. The summed E-state index contributed by atoms with van der Waals surface area (Å²) < 4.78 is 11.9. The zero-order chi connectivity index (χ0) is 21.6. The molecule has 1 N–H and O–H groups in total. The lowest BCUT2D eigenvalue weighted by Crippen LogP contribution is -2.28. The number of ether oxygens (including phenoxy) is 1. The zero-order valence-corrected chi connectivity index (χ0v) is 17.8. The van der Waals surface area contributed by atoms with Crippen LogP contribution in [0.3, 0.4) is 0 Å². The van der Waals surface area contributed by atoms with Gasteiger partial charge in [0, 0.05) is 23.1 Å². The van der Waals surface area contributed by atoms with Gasteiger partial charge in [0.05, 0.1) is 10.9 Å². The monoisotopic (exact) mass is 402 g/mol. The summed E-state index contributed by atoms with van der Waals surface area (Å²) >= 11 is 0. The lowest BCUT2D eigenvalue weighted by atomic mass is 9.84. The molecule has 2 atom stereocenters. The van der Waals surface area contributed by atoms with E-state index in [2.05, 4.69) is 12.7 Å². The summed E-state index contributed by atoms with van der Waals surface area (Å²) in [6, 6.07) is 11.0. The Morgan fingerprint density at radius 1 is 1.20 bits per heavy atom. The number of allylic oxidation sites excluding steroid dienone is 2. The predicted octanol–water partition coefficient (Wildman–Crippen LogP) is 6.10. The highest BCUT2D eigenvalue weighted by Crippen LogP contribution is 2.50. The number of aromatic hydroxyl groups is 1. The molecule has 0 saturated heterocycles. The van der Waals surface area contributed by atoms with Crippen LogP contribution in [0.2, 0.25) is 0 Å². The van der Waals surface area contributed by atoms with Gasteiger partial charge in [-0.15, -0.1) is 0 Å². The fraction of sp³-hybridized carbons (Fsp3) is 0.269. The molecule has 1 aliphatic heterocycles. The van der Waals surface area contributed by atoms with E-state index in [1.54, 1.807) is 0 Å². The molecule has 0 radical (unpaired) electrons. The molecule has 4 heteroatoms. The third-order valence-electron chi connectivity index (χ3n) is 5.89. The van der Waals surface area contributed by atoms with Crippen LogP contribution < -0.4 is 10.4 Å². The lowest BCUT2D eigenvalue weighted by Gasteiger charge is -2.33. The number of fused-ring (bicyclic) bond motifs is 3. The molecule has 2 heterocycles. The van der Waals surface area contributed by atoms with Crippen LogP contribution in [-0.4, -0.2) is 11.2 Å². The Hall–Kier alpha value is -3.27. The fourth-order valence-corrected chi connectivity index (χ4v) is 3.98. The molecule has 2 aromatic carbocycles. The molecule has 0 aliphatic carbocycles. The molecule has 1 aliphatic rings. The number of phenolic OH excluding ortho intramolecular Hbond substituents is 1. The number of hydrogen-bond donors (Lipinski definition) is 1. The third-order valence-corrected chi connectivity index (χ3v) is 5.89. The minimum absolute atomic E-state index is 0.0484. The van der Waals surface area contributed by atoms with Gasteiger partial charge in [0.2, 0.25) is 0 Å². The SMILES string of the molecule is C=C1c2c(c(CC=C(C)C)c(O)c3c(-c4ccccc4)cc(=O)oc23)O[C@H](C)[C@@H]1C. The standard InChI is InChI=1S/C26H26O4/c1-14(2)11-12-19-24(28)23-20(18-9-7-6-8-10-18)13-21(27)30-26(23)22-16(4)15(3)17(5)29-25(19)22/h6-11,13,15,17,28H,4,12H2,1-3,5H3/t15-,17-/m1/s1. The van der Waals surface area contributed by atoms with Gasteiger partial charge in [-0.3, -0.25) is 0 Å². The average molecular weight is 402 g/mol. The molecule has 0 spiro atoms. The van der Waals surface area contributed by atoms with Crippen molar-refractivity contribution in [3.8, 4) is 22.6 Å².